The van der Waals surface area contributed by atoms with E-state index in [2.05, 4.69) is 18.3 Å². The van der Waals surface area contributed by atoms with Crippen LogP contribution in [0.1, 0.15) is 30.9 Å². The van der Waals surface area contributed by atoms with Gasteiger partial charge in [0, 0.05) is 19.7 Å². The predicted octanol–water partition coefficient (Wildman–Crippen LogP) is 2.46. The van der Waals surface area contributed by atoms with Crippen LogP contribution < -0.4 is 5.32 Å². The molecule has 0 amide bonds. The zero-order valence-electron chi connectivity index (χ0n) is 10.4. The van der Waals surface area contributed by atoms with E-state index in [1.165, 1.54) is 12.0 Å². The number of nitrogens with zero attached hydrogens (tertiary/aromatic N) is 1. The van der Waals surface area contributed by atoms with Gasteiger partial charge in [-0.1, -0.05) is 25.5 Å². The van der Waals surface area contributed by atoms with Crippen molar-refractivity contribution in [2.24, 2.45) is 0 Å². The van der Waals surface area contributed by atoms with Crippen LogP contribution in [0.4, 0.5) is 0 Å². The van der Waals surface area contributed by atoms with E-state index in [1.807, 2.05) is 24.3 Å². The Bertz CT molecular complexity index is 340. The molecule has 0 radical (unpaired) electrons. The molecule has 0 fully saturated rings. The molecule has 1 rings (SSSR count). The fraction of sp³-hybridized carbons (Fsp3) is 0.500. The van der Waals surface area contributed by atoms with Crippen LogP contribution in [-0.2, 0) is 11.3 Å². The van der Waals surface area contributed by atoms with Gasteiger partial charge in [0.2, 0.25) is 0 Å². The molecule has 0 saturated carbocycles. The molecule has 0 unspecified atom stereocenters. The maximum Gasteiger partial charge on any atom is 0.0991 e. The summed E-state index contributed by atoms with van der Waals surface area (Å²) >= 11 is 0. The molecular formula is C14H20N2O. The maximum atomic E-state index is 8.66. The van der Waals surface area contributed by atoms with E-state index in [-0.39, 0.29) is 0 Å². The molecule has 17 heavy (non-hydrogen) atoms. The summed E-state index contributed by atoms with van der Waals surface area (Å²) in [6, 6.07) is 9.75. The third-order valence-electron chi connectivity index (χ3n) is 2.48. The molecule has 0 saturated heterocycles. The molecule has 1 aromatic carbocycles. The largest absolute Gasteiger partial charge is 0.380 e. The molecule has 3 heteroatoms. The minimum atomic E-state index is 0.705. The first-order valence-corrected chi connectivity index (χ1v) is 6.14. The quantitative estimate of drug-likeness (QED) is 0.700. The van der Waals surface area contributed by atoms with Crippen LogP contribution in [0.5, 0.6) is 0 Å². The van der Waals surface area contributed by atoms with E-state index in [4.69, 9.17) is 10.00 Å². The van der Waals surface area contributed by atoms with Crippen molar-refractivity contribution in [1.29, 1.82) is 5.26 Å². The summed E-state index contributed by atoms with van der Waals surface area (Å²) in [4.78, 5) is 0. The second-order valence-corrected chi connectivity index (χ2v) is 3.95. The first kappa shape index (κ1) is 13.7. The van der Waals surface area contributed by atoms with Crippen molar-refractivity contribution in [2.75, 3.05) is 19.8 Å². The molecule has 0 aromatic heterocycles. The van der Waals surface area contributed by atoms with Gasteiger partial charge in [-0.3, -0.25) is 0 Å². The average Bonchev–Trinajstić information content (AvgIpc) is 2.38. The monoisotopic (exact) mass is 232 g/mol. The summed E-state index contributed by atoms with van der Waals surface area (Å²) in [5.74, 6) is 0. The molecule has 0 aliphatic carbocycles. The fourth-order valence-electron chi connectivity index (χ4n) is 1.42. The third kappa shape index (κ3) is 6.06. The summed E-state index contributed by atoms with van der Waals surface area (Å²) in [7, 11) is 0. The van der Waals surface area contributed by atoms with Crippen LogP contribution in [0.3, 0.4) is 0 Å². The Hall–Kier alpha value is -1.37. The Kier molecular flexibility index (Phi) is 7.04. The first-order valence-electron chi connectivity index (χ1n) is 6.14. The molecule has 0 atom stereocenters. The van der Waals surface area contributed by atoms with Crippen molar-refractivity contribution < 1.29 is 4.74 Å². The highest BCUT2D eigenvalue weighted by Gasteiger charge is 1.94. The van der Waals surface area contributed by atoms with E-state index in [1.54, 1.807) is 0 Å². The van der Waals surface area contributed by atoms with Crippen LogP contribution in [0.25, 0.3) is 0 Å². The van der Waals surface area contributed by atoms with E-state index in [0.29, 0.717) is 5.56 Å². The average molecular weight is 232 g/mol. The van der Waals surface area contributed by atoms with Crippen LogP contribution in [0.15, 0.2) is 24.3 Å². The van der Waals surface area contributed by atoms with Crippen molar-refractivity contribution in [2.45, 2.75) is 26.3 Å². The zero-order valence-corrected chi connectivity index (χ0v) is 10.4. The summed E-state index contributed by atoms with van der Waals surface area (Å²) in [6.07, 6.45) is 2.31. The zero-order chi connectivity index (χ0) is 12.3. The highest BCUT2D eigenvalue weighted by atomic mass is 16.5. The van der Waals surface area contributed by atoms with Gasteiger partial charge in [0.25, 0.3) is 0 Å². The third-order valence-corrected chi connectivity index (χ3v) is 2.48. The molecule has 1 aromatic rings. The fourth-order valence-corrected chi connectivity index (χ4v) is 1.42. The van der Waals surface area contributed by atoms with Gasteiger partial charge in [-0.15, -0.1) is 0 Å². The number of nitrogens with one attached hydrogen (secondary N) is 1. The predicted molar refractivity (Wildman–Crippen MR) is 68.6 cm³/mol. The number of benzene rings is 1. The lowest BCUT2D eigenvalue weighted by atomic mass is 10.1. The number of hydrogen-bond acceptors (Lipinski definition) is 3. The standard InChI is InChI=1S/C14H20N2O/c1-2-3-9-17-10-8-16-12-14-6-4-13(11-15)5-7-14/h4-7,16H,2-3,8-10,12H2,1H3. The van der Waals surface area contributed by atoms with Gasteiger partial charge in [-0.05, 0) is 24.1 Å². The van der Waals surface area contributed by atoms with Gasteiger partial charge in [0.15, 0.2) is 0 Å². The number of ether oxygens (including phenoxy) is 1. The van der Waals surface area contributed by atoms with Crippen LogP contribution in [0.2, 0.25) is 0 Å². The molecule has 0 bridgehead atoms. The Morgan fingerprint density at radius 2 is 2.00 bits per heavy atom. The molecule has 1 N–H and O–H groups in total. The lowest BCUT2D eigenvalue weighted by molar-refractivity contribution is 0.133. The highest BCUT2D eigenvalue weighted by molar-refractivity contribution is 5.31. The minimum Gasteiger partial charge on any atom is -0.380 e. The van der Waals surface area contributed by atoms with Gasteiger partial charge in [0.1, 0.15) is 0 Å². The number of rotatable bonds is 8. The Balaban J connectivity index is 2.08. The van der Waals surface area contributed by atoms with Crippen molar-refractivity contribution in [3.63, 3.8) is 0 Å². The number of nitriles is 1. The highest BCUT2D eigenvalue weighted by Crippen LogP contribution is 2.02. The normalized spacial score (nSPS) is 10.1. The second-order valence-electron chi connectivity index (χ2n) is 3.95. The smallest absolute Gasteiger partial charge is 0.0991 e. The minimum absolute atomic E-state index is 0.705. The van der Waals surface area contributed by atoms with E-state index in [0.717, 1.165) is 32.7 Å². The topological polar surface area (TPSA) is 45.0 Å². The van der Waals surface area contributed by atoms with E-state index in [9.17, 15) is 0 Å². The van der Waals surface area contributed by atoms with Gasteiger partial charge in [-0.25, -0.2) is 0 Å². The van der Waals surface area contributed by atoms with Crippen molar-refractivity contribution in [3.05, 3.63) is 35.4 Å². The Labute approximate surface area is 103 Å². The molecule has 0 aliphatic heterocycles. The summed E-state index contributed by atoms with van der Waals surface area (Å²) in [5, 5.41) is 12.0. The second kappa shape index (κ2) is 8.74. The lowest BCUT2D eigenvalue weighted by Crippen LogP contribution is -2.19. The van der Waals surface area contributed by atoms with Crippen molar-refractivity contribution in [1.82, 2.24) is 5.32 Å². The van der Waals surface area contributed by atoms with E-state index < -0.39 is 0 Å². The number of hydrogen-bond donors (Lipinski definition) is 1. The van der Waals surface area contributed by atoms with Crippen molar-refractivity contribution >= 4 is 0 Å². The molecule has 0 aliphatic rings. The molecule has 0 spiro atoms. The van der Waals surface area contributed by atoms with Crippen LogP contribution in [0, 0.1) is 11.3 Å². The van der Waals surface area contributed by atoms with Gasteiger partial charge < -0.3 is 10.1 Å². The van der Waals surface area contributed by atoms with Gasteiger partial charge >= 0.3 is 0 Å². The Morgan fingerprint density at radius 1 is 1.24 bits per heavy atom. The summed E-state index contributed by atoms with van der Waals surface area (Å²) < 4.78 is 5.44. The van der Waals surface area contributed by atoms with E-state index >= 15 is 0 Å². The molecular weight excluding hydrogens is 212 g/mol. The summed E-state index contributed by atoms with van der Waals surface area (Å²) in [6.45, 7) is 5.46. The SMILES string of the molecule is CCCCOCCNCc1ccc(C#N)cc1. The van der Waals surface area contributed by atoms with Crippen LogP contribution >= 0.6 is 0 Å². The van der Waals surface area contributed by atoms with Gasteiger partial charge in [0.05, 0.1) is 18.2 Å². The molecule has 3 nitrogen and oxygen atoms in total. The lowest BCUT2D eigenvalue weighted by Gasteiger charge is -2.06. The maximum absolute atomic E-state index is 8.66. The summed E-state index contributed by atoms with van der Waals surface area (Å²) in [5.41, 5.74) is 1.90. The van der Waals surface area contributed by atoms with Gasteiger partial charge in [-0.2, -0.15) is 5.26 Å². The first-order chi connectivity index (χ1) is 8.36. The molecule has 0 heterocycles. The molecule has 92 valence electrons. The number of unbranched alkanes of at least 4 members (excludes halogenated alkanes) is 1. The Morgan fingerprint density at radius 3 is 2.65 bits per heavy atom. The van der Waals surface area contributed by atoms with Crippen LogP contribution in [-0.4, -0.2) is 19.8 Å². The van der Waals surface area contributed by atoms with Crippen molar-refractivity contribution in [3.8, 4) is 6.07 Å².